The molecule has 0 aliphatic rings. The zero-order chi connectivity index (χ0) is 21.8. The van der Waals surface area contributed by atoms with Crippen LogP contribution in [0.2, 0.25) is 0 Å². The molecule has 0 saturated carbocycles. The number of fused-ring (bicyclic) bond motifs is 1. The molecule has 0 spiro atoms. The van der Waals surface area contributed by atoms with Crippen LogP contribution in [-0.4, -0.2) is 60.4 Å². The number of carboxylic acid groups (broad SMARTS) is 1. The van der Waals surface area contributed by atoms with Gasteiger partial charge in [0.1, 0.15) is 6.04 Å². The molecule has 0 aliphatic carbocycles. The first-order valence-corrected chi connectivity index (χ1v) is 8.79. The van der Waals surface area contributed by atoms with E-state index in [1.165, 1.54) is 6.92 Å². The van der Waals surface area contributed by atoms with E-state index in [2.05, 4.69) is 30.8 Å². The average molecular weight is 417 g/mol. The van der Waals surface area contributed by atoms with Gasteiger partial charge in [-0.25, -0.2) is 14.6 Å². The van der Waals surface area contributed by atoms with Crippen molar-refractivity contribution in [1.29, 1.82) is 0 Å². The number of carbonyl (C=O) groups is 3. The Labute approximate surface area is 168 Å². The number of carbonyl (C=O) groups excluding carboxylic acids is 2. The second-order valence-corrected chi connectivity index (χ2v) is 6.45. The zero-order valence-electron chi connectivity index (χ0n) is 15.7. The fourth-order valence-corrected chi connectivity index (χ4v) is 2.66. The first kappa shape index (κ1) is 20.7. The highest BCUT2D eigenvalue weighted by Gasteiger charge is 2.28. The van der Waals surface area contributed by atoms with Crippen LogP contribution in [0.25, 0.3) is 22.7 Å². The Bertz CT molecular complexity index is 1040. The molecule has 2 aromatic heterocycles. The molecule has 3 aromatic rings. The normalized spacial score (nSPS) is 14.1. The second kappa shape index (κ2) is 8.57. The number of hydrogen-bond acceptors (Lipinski definition) is 8. The van der Waals surface area contributed by atoms with Crippen LogP contribution in [0.4, 0.5) is 4.79 Å². The average Bonchev–Trinajstić information content (AvgIpc) is 3.31. The van der Waals surface area contributed by atoms with E-state index in [0.29, 0.717) is 5.52 Å². The molecular weight excluding hydrogens is 398 g/mol. The van der Waals surface area contributed by atoms with Gasteiger partial charge < -0.3 is 36.0 Å². The van der Waals surface area contributed by atoms with Crippen LogP contribution in [0, 0.1) is 0 Å². The topological polar surface area (TPSA) is 209 Å². The summed E-state index contributed by atoms with van der Waals surface area (Å²) in [4.78, 5) is 42.0. The van der Waals surface area contributed by atoms with Gasteiger partial charge in [-0.2, -0.15) is 0 Å². The summed E-state index contributed by atoms with van der Waals surface area (Å²) in [6, 6.07) is 3.58. The van der Waals surface area contributed by atoms with Gasteiger partial charge in [-0.3, -0.25) is 4.79 Å². The second-order valence-electron chi connectivity index (χ2n) is 6.45. The summed E-state index contributed by atoms with van der Waals surface area (Å²) in [6.07, 6.45) is -1.74. The monoisotopic (exact) mass is 417 g/mol. The van der Waals surface area contributed by atoms with Crippen molar-refractivity contribution in [3.05, 3.63) is 30.2 Å². The predicted octanol–water partition coefficient (Wildman–Crippen LogP) is -0.337. The van der Waals surface area contributed by atoms with E-state index in [-0.39, 0.29) is 24.0 Å². The maximum absolute atomic E-state index is 12.2. The molecule has 7 N–H and O–H groups in total. The fourth-order valence-electron chi connectivity index (χ4n) is 2.66. The van der Waals surface area contributed by atoms with Gasteiger partial charge >= 0.3 is 12.0 Å². The van der Waals surface area contributed by atoms with Crippen molar-refractivity contribution in [2.24, 2.45) is 5.73 Å². The largest absolute Gasteiger partial charge is 0.480 e. The molecule has 1 aromatic carbocycles. The highest BCUT2D eigenvalue weighted by atomic mass is 16.4. The molecule has 1 unspecified atom stereocenters. The highest BCUT2D eigenvalue weighted by Crippen LogP contribution is 2.22. The third-order valence-electron chi connectivity index (χ3n) is 4.08. The smallest absolute Gasteiger partial charge is 0.328 e. The number of urea groups is 1. The molecule has 13 heteroatoms. The SMILES string of the molecule is CC(O)[C@H](NC(=O)N[C@@H](CC(N)=O)c1nnc(-c2nc3ccccc3[nH]2)o1)C(=O)O. The van der Waals surface area contributed by atoms with Gasteiger partial charge in [-0.15, -0.1) is 10.2 Å². The maximum Gasteiger partial charge on any atom is 0.328 e. The van der Waals surface area contributed by atoms with E-state index in [9.17, 15) is 19.5 Å². The lowest BCUT2D eigenvalue weighted by atomic mass is 10.2. The Morgan fingerprint density at radius 2 is 1.97 bits per heavy atom. The fraction of sp³-hybridized carbons (Fsp3) is 0.294. The molecule has 0 fully saturated rings. The lowest BCUT2D eigenvalue weighted by Gasteiger charge is -2.19. The first-order valence-electron chi connectivity index (χ1n) is 8.79. The lowest BCUT2D eigenvalue weighted by molar-refractivity contribution is -0.141. The summed E-state index contributed by atoms with van der Waals surface area (Å²) in [5.41, 5.74) is 6.64. The van der Waals surface area contributed by atoms with Gasteiger partial charge in [0.15, 0.2) is 11.9 Å². The minimum absolute atomic E-state index is 0.0188. The molecule has 3 atom stereocenters. The molecule has 3 amide bonds. The van der Waals surface area contributed by atoms with Crippen molar-refractivity contribution in [2.45, 2.75) is 31.5 Å². The molecule has 0 aliphatic heterocycles. The van der Waals surface area contributed by atoms with Gasteiger partial charge in [0, 0.05) is 0 Å². The van der Waals surface area contributed by atoms with Gasteiger partial charge in [0.2, 0.25) is 11.8 Å². The van der Waals surface area contributed by atoms with Crippen LogP contribution < -0.4 is 16.4 Å². The quantitative estimate of drug-likeness (QED) is 0.283. The van der Waals surface area contributed by atoms with Crippen LogP contribution in [0.15, 0.2) is 28.7 Å². The Kier molecular flexibility index (Phi) is 5.92. The number of para-hydroxylation sites is 2. The van der Waals surface area contributed by atoms with Crippen molar-refractivity contribution in [3.8, 4) is 11.7 Å². The number of imidazole rings is 1. The van der Waals surface area contributed by atoms with Crippen molar-refractivity contribution >= 4 is 28.9 Å². The summed E-state index contributed by atoms with van der Waals surface area (Å²) in [5.74, 6) is -2.03. The number of carboxylic acids is 1. The number of aromatic amines is 1. The number of H-pyrrole nitrogens is 1. The van der Waals surface area contributed by atoms with Crippen molar-refractivity contribution in [3.63, 3.8) is 0 Å². The summed E-state index contributed by atoms with van der Waals surface area (Å²) in [7, 11) is 0. The Morgan fingerprint density at radius 3 is 2.60 bits per heavy atom. The molecule has 13 nitrogen and oxygen atoms in total. The zero-order valence-corrected chi connectivity index (χ0v) is 15.7. The standard InChI is InChI=1S/C17H19N7O6/c1-7(25)12(16(27)28)22-17(29)21-10(6-11(18)26)14-23-24-15(30-14)13-19-8-4-2-3-5-9(8)20-13/h2-5,7,10,12,25H,6H2,1H3,(H2,18,26)(H,19,20)(H,27,28)(H2,21,22,29)/t7?,10-,12-/m0/s1. The molecule has 0 radical (unpaired) electrons. The van der Waals surface area contributed by atoms with Gasteiger partial charge in [0.05, 0.1) is 23.6 Å². The molecule has 0 saturated heterocycles. The number of nitrogens with zero attached hydrogens (tertiary/aromatic N) is 3. The molecule has 0 bridgehead atoms. The van der Waals surface area contributed by atoms with E-state index in [1.54, 1.807) is 6.07 Å². The van der Waals surface area contributed by atoms with Crippen molar-refractivity contribution in [1.82, 2.24) is 30.8 Å². The number of nitrogens with two attached hydrogens (primary N) is 1. The first-order chi connectivity index (χ1) is 14.2. The van der Waals surface area contributed by atoms with Gasteiger partial charge in [-0.1, -0.05) is 12.1 Å². The third-order valence-corrected chi connectivity index (χ3v) is 4.08. The summed E-state index contributed by atoms with van der Waals surface area (Å²) in [5, 5.41) is 30.6. The Hall–Kier alpha value is -4.00. The van der Waals surface area contributed by atoms with E-state index in [4.69, 9.17) is 15.3 Å². The van der Waals surface area contributed by atoms with Crippen LogP contribution in [-0.2, 0) is 9.59 Å². The highest BCUT2D eigenvalue weighted by molar-refractivity contribution is 5.83. The summed E-state index contributed by atoms with van der Waals surface area (Å²) < 4.78 is 5.53. The van der Waals surface area contributed by atoms with Gasteiger partial charge in [-0.05, 0) is 19.1 Å². The predicted molar refractivity (Wildman–Crippen MR) is 101 cm³/mol. The molecule has 158 valence electrons. The van der Waals surface area contributed by atoms with Crippen LogP contribution >= 0.6 is 0 Å². The van der Waals surface area contributed by atoms with E-state index in [1.807, 2.05) is 18.2 Å². The number of aliphatic hydroxyl groups excluding tert-OH is 1. The third kappa shape index (κ3) is 4.70. The number of nitrogens with one attached hydrogen (secondary N) is 3. The number of rotatable bonds is 8. The van der Waals surface area contributed by atoms with Crippen molar-refractivity contribution < 1.29 is 29.0 Å². The van der Waals surface area contributed by atoms with Crippen LogP contribution in [0.5, 0.6) is 0 Å². The lowest BCUT2D eigenvalue weighted by Crippen LogP contribution is -2.52. The van der Waals surface area contributed by atoms with E-state index < -0.39 is 36.1 Å². The van der Waals surface area contributed by atoms with Gasteiger partial charge in [0.25, 0.3) is 5.89 Å². The molecule has 30 heavy (non-hydrogen) atoms. The Balaban J connectivity index is 1.79. The van der Waals surface area contributed by atoms with E-state index in [0.717, 1.165) is 5.52 Å². The summed E-state index contributed by atoms with van der Waals surface area (Å²) >= 11 is 0. The maximum atomic E-state index is 12.2. The van der Waals surface area contributed by atoms with E-state index >= 15 is 0 Å². The minimum atomic E-state index is -1.56. The number of primary amides is 1. The minimum Gasteiger partial charge on any atom is -0.480 e. The number of aromatic nitrogens is 4. The van der Waals surface area contributed by atoms with Crippen LogP contribution in [0.1, 0.15) is 25.3 Å². The number of hydrogen-bond donors (Lipinski definition) is 6. The number of aliphatic carboxylic acids is 1. The van der Waals surface area contributed by atoms with Crippen LogP contribution in [0.3, 0.4) is 0 Å². The number of benzene rings is 1. The number of aliphatic hydroxyl groups is 1. The molecular formula is C17H19N7O6. The van der Waals surface area contributed by atoms with Crippen molar-refractivity contribution in [2.75, 3.05) is 0 Å². The Morgan fingerprint density at radius 1 is 1.23 bits per heavy atom. The summed E-state index contributed by atoms with van der Waals surface area (Å²) in [6.45, 7) is 1.21. The molecule has 2 heterocycles. The molecule has 3 rings (SSSR count). The number of amides is 3.